The zero-order valence-electron chi connectivity index (χ0n) is 9.40. The maximum Gasteiger partial charge on any atom is 0.199 e. The second-order valence-corrected chi connectivity index (χ2v) is 3.86. The first kappa shape index (κ1) is 10.7. The quantitative estimate of drug-likeness (QED) is 0.646. The maximum atomic E-state index is 5.60. The van der Waals surface area contributed by atoms with Gasteiger partial charge in [-0.25, -0.2) is 4.99 Å². The van der Waals surface area contributed by atoms with Crippen LogP contribution in [0, 0.1) is 0 Å². The molecular formula is C11H17N5. The standard InChI is InChI=1S/C11H17N5/c1-8-14-10(12)16-11(15-8)13-7-6-9-4-2-3-5-9/h2,4-5,8H,3,6-7H2,1H3,(H4,12,13,14,15,16). The molecule has 5 heteroatoms. The maximum absolute atomic E-state index is 5.60. The number of nitrogens with zero attached hydrogens (tertiary/aromatic N) is 2. The van der Waals surface area contributed by atoms with E-state index >= 15 is 0 Å². The minimum atomic E-state index is -0.00871. The molecule has 0 aromatic carbocycles. The highest BCUT2D eigenvalue weighted by molar-refractivity contribution is 5.99. The van der Waals surface area contributed by atoms with Crippen LogP contribution in [0.5, 0.6) is 0 Å². The largest absolute Gasteiger partial charge is 0.370 e. The van der Waals surface area contributed by atoms with Gasteiger partial charge in [0.2, 0.25) is 0 Å². The van der Waals surface area contributed by atoms with Gasteiger partial charge in [-0.1, -0.05) is 23.8 Å². The van der Waals surface area contributed by atoms with Gasteiger partial charge in [0.1, 0.15) is 6.17 Å². The van der Waals surface area contributed by atoms with E-state index in [1.165, 1.54) is 5.57 Å². The number of rotatable bonds is 3. The molecule has 1 heterocycles. The number of allylic oxidation sites excluding steroid dienone is 3. The van der Waals surface area contributed by atoms with Gasteiger partial charge in [0.25, 0.3) is 0 Å². The Bertz CT molecular complexity index is 378. The molecule has 1 aliphatic heterocycles. The van der Waals surface area contributed by atoms with E-state index in [1.54, 1.807) is 0 Å². The van der Waals surface area contributed by atoms with Crippen LogP contribution in [0.1, 0.15) is 19.8 Å². The molecule has 0 saturated heterocycles. The monoisotopic (exact) mass is 219 g/mol. The minimum Gasteiger partial charge on any atom is -0.370 e. The molecule has 0 saturated carbocycles. The second-order valence-electron chi connectivity index (χ2n) is 3.86. The third kappa shape index (κ3) is 2.85. The molecule has 0 aromatic rings. The molecule has 2 aliphatic rings. The minimum absolute atomic E-state index is 0.00871. The van der Waals surface area contributed by atoms with Crippen molar-refractivity contribution in [2.75, 3.05) is 6.54 Å². The fraction of sp³-hybridized carbons (Fsp3) is 0.455. The summed E-state index contributed by atoms with van der Waals surface area (Å²) in [5, 5.41) is 6.01. The highest BCUT2D eigenvalue weighted by Gasteiger charge is 2.11. The summed E-state index contributed by atoms with van der Waals surface area (Å²) < 4.78 is 0. The Balaban J connectivity index is 1.83. The molecule has 4 N–H and O–H groups in total. The van der Waals surface area contributed by atoms with Crippen LogP contribution in [-0.4, -0.2) is 24.6 Å². The van der Waals surface area contributed by atoms with E-state index in [1.807, 2.05) is 6.92 Å². The molecule has 86 valence electrons. The summed E-state index contributed by atoms with van der Waals surface area (Å²) in [6, 6.07) is 0. The first-order valence-corrected chi connectivity index (χ1v) is 5.51. The zero-order valence-corrected chi connectivity index (χ0v) is 9.40. The number of aliphatic imine (C=N–C) groups is 2. The predicted octanol–water partition coefficient (Wildman–Crippen LogP) is 0.472. The second kappa shape index (κ2) is 4.83. The zero-order chi connectivity index (χ0) is 11.4. The molecule has 0 spiro atoms. The smallest absolute Gasteiger partial charge is 0.199 e. The number of nitrogens with two attached hydrogens (primary N) is 1. The summed E-state index contributed by atoms with van der Waals surface area (Å²) in [4.78, 5) is 8.49. The molecule has 0 radical (unpaired) electrons. The van der Waals surface area contributed by atoms with Gasteiger partial charge in [0, 0.05) is 6.54 Å². The van der Waals surface area contributed by atoms with Crippen LogP contribution in [0.3, 0.4) is 0 Å². The summed E-state index contributed by atoms with van der Waals surface area (Å²) in [5.41, 5.74) is 6.96. The van der Waals surface area contributed by atoms with Crippen LogP contribution in [0.4, 0.5) is 0 Å². The summed E-state index contributed by atoms with van der Waals surface area (Å²) >= 11 is 0. The van der Waals surface area contributed by atoms with Crippen LogP contribution >= 0.6 is 0 Å². The van der Waals surface area contributed by atoms with Crippen molar-refractivity contribution in [2.45, 2.75) is 25.9 Å². The molecule has 1 unspecified atom stereocenters. The molecule has 0 amide bonds. The first-order chi connectivity index (χ1) is 7.74. The Hall–Kier alpha value is -1.78. The number of nitrogens with one attached hydrogen (secondary N) is 2. The molecule has 5 nitrogen and oxygen atoms in total. The normalized spacial score (nSPS) is 26.1. The van der Waals surface area contributed by atoms with Crippen LogP contribution in [0.15, 0.2) is 33.8 Å². The lowest BCUT2D eigenvalue weighted by Gasteiger charge is -2.20. The van der Waals surface area contributed by atoms with E-state index in [0.29, 0.717) is 11.9 Å². The van der Waals surface area contributed by atoms with Crippen molar-refractivity contribution < 1.29 is 0 Å². The Labute approximate surface area is 95.2 Å². The van der Waals surface area contributed by atoms with E-state index in [0.717, 1.165) is 19.4 Å². The van der Waals surface area contributed by atoms with E-state index in [4.69, 9.17) is 5.73 Å². The van der Waals surface area contributed by atoms with E-state index in [-0.39, 0.29) is 6.17 Å². The van der Waals surface area contributed by atoms with Crippen molar-refractivity contribution in [3.63, 3.8) is 0 Å². The van der Waals surface area contributed by atoms with Crippen molar-refractivity contribution in [3.8, 4) is 0 Å². The molecule has 1 atom stereocenters. The van der Waals surface area contributed by atoms with Crippen molar-refractivity contribution in [1.29, 1.82) is 0 Å². The van der Waals surface area contributed by atoms with Crippen molar-refractivity contribution in [3.05, 3.63) is 23.8 Å². The third-order valence-corrected chi connectivity index (χ3v) is 2.44. The molecule has 1 aliphatic carbocycles. The lowest BCUT2D eigenvalue weighted by molar-refractivity contribution is 0.663. The lowest BCUT2D eigenvalue weighted by Crippen LogP contribution is -2.52. The Kier molecular flexibility index (Phi) is 3.24. The third-order valence-electron chi connectivity index (χ3n) is 2.44. The Morgan fingerprint density at radius 3 is 3.19 bits per heavy atom. The Morgan fingerprint density at radius 2 is 2.50 bits per heavy atom. The molecule has 2 rings (SSSR count). The van der Waals surface area contributed by atoms with Gasteiger partial charge in [-0.05, 0) is 19.8 Å². The van der Waals surface area contributed by atoms with E-state index in [2.05, 4.69) is 38.8 Å². The number of hydrogen-bond donors (Lipinski definition) is 3. The van der Waals surface area contributed by atoms with Crippen molar-refractivity contribution in [2.24, 2.45) is 15.7 Å². The summed E-state index contributed by atoms with van der Waals surface area (Å²) in [6.45, 7) is 2.69. The van der Waals surface area contributed by atoms with E-state index < -0.39 is 0 Å². The van der Waals surface area contributed by atoms with Gasteiger partial charge in [-0.2, -0.15) is 0 Å². The molecule has 0 fully saturated rings. The average Bonchev–Trinajstić information content (AvgIpc) is 2.69. The fourth-order valence-electron chi connectivity index (χ4n) is 1.70. The molecular weight excluding hydrogens is 202 g/mol. The molecule has 0 bridgehead atoms. The summed E-state index contributed by atoms with van der Waals surface area (Å²) in [6.07, 6.45) is 8.55. The summed E-state index contributed by atoms with van der Waals surface area (Å²) in [5.74, 6) is 1.13. The molecule has 0 aromatic heterocycles. The van der Waals surface area contributed by atoms with Crippen LogP contribution in [-0.2, 0) is 0 Å². The highest BCUT2D eigenvalue weighted by atomic mass is 15.3. The number of guanidine groups is 2. The van der Waals surface area contributed by atoms with Gasteiger partial charge in [-0.3, -0.25) is 10.3 Å². The van der Waals surface area contributed by atoms with Crippen LogP contribution < -0.4 is 16.4 Å². The topological polar surface area (TPSA) is 74.8 Å². The lowest BCUT2D eigenvalue weighted by atomic mass is 10.2. The number of hydrogen-bond acceptors (Lipinski definition) is 3. The Morgan fingerprint density at radius 1 is 1.62 bits per heavy atom. The van der Waals surface area contributed by atoms with E-state index in [9.17, 15) is 0 Å². The van der Waals surface area contributed by atoms with Gasteiger partial charge in [0.05, 0.1) is 0 Å². The fourth-order valence-corrected chi connectivity index (χ4v) is 1.70. The van der Waals surface area contributed by atoms with Crippen molar-refractivity contribution in [1.82, 2.24) is 10.6 Å². The van der Waals surface area contributed by atoms with Crippen molar-refractivity contribution >= 4 is 11.9 Å². The predicted molar refractivity (Wildman–Crippen MR) is 66.1 cm³/mol. The van der Waals surface area contributed by atoms with Gasteiger partial charge < -0.3 is 11.1 Å². The van der Waals surface area contributed by atoms with Gasteiger partial charge in [0.15, 0.2) is 11.9 Å². The molecule has 16 heavy (non-hydrogen) atoms. The first-order valence-electron chi connectivity index (χ1n) is 5.51. The van der Waals surface area contributed by atoms with Crippen LogP contribution in [0.25, 0.3) is 0 Å². The van der Waals surface area contributed by atoms with Crippen LogP contribution in [0.2, 0.25) is 0 Å². The summed E-state index contributed by atoms with van der Waals surface area (Å²) in [7, 11) is 0. The highest BCUT2D eigenvalue weighted by Crippen LogP contribution is 2.12. The van der Waals surface area contributed by atoms with Gasteiger partial charge in [-0.15, -0.1) is 0 Å². The SMILES string of the molecule is CC1N=C(N)NC(=NCCC2=CCC=C2)N1. The van der Waals surface area contributed by atoms with Gasteiger partial charge >= 0.3 is 0 Å². The average molecular weight is 219 g/mol.